The predicted molar refractivity (Wildman–Crippen MR) is 120 cm³/mol. The van der Waals surface area contributed by atoms with Gasteiger partial charge in [-0.2, -0.15) is 11.1 Å². The van der Waals surface area contributed by atoms with Gasteiger partial charge in [-0.1, -0.05) is 103 Å². The number of halogens is 1. The van der Waals surface area contributed by atoms with Gasteiger partial charge >= 0.3 is 0 Å². The minimum absolute atomic E-state index is 0.303. The van der Waals surface area contributed by atoms with E-state index >= 15 is 0 Å². The average Bonchev–Trinajstić information content (AvgIpc) is 2.94. The number of hydrogen-bond donors (Lipinski definition) is 0. The Morgan fingerprint density at radius 3 is 2.41 bits per heavy atom. The van der Waals surface area contributed by atoms with Crippen LogP contribution in [0.2, 0.25) is 5.54 Å². The zero-order valence-corrected chi connectivity index (χ0v) is 17.8. The van der Waals surface area contributed by atoms with Crippen molar-refractivity contribution >= 4 is 24.4 Å². The lowest BCUT2D eigenvalue weighted by molar-refractivity contribution is 1.01. The van der Waals surface area contributed by atoms with Gasteiger partial charge in [-0.3, -0.25) is 0 Å². The van der Waals surface area contributed by atoms with Crippen molar-refractivity contribution in [2.75, 3.05) is 0 Å². The van der Waals surface area contributed by atoms with E-state index in [-0.39, 0.29) is 0 Å². The molecule has 3 atom stereocenters. The lowest BCUT2D eigenvalue weighted by Crippen LogP contribution is -2.32. The molecule has 0 saturated carbocycles. The fraction of sp³-hybridized carbons (Fsp3) is 0.200. The molecule has 0 spiro atoms. The number of allylic oxidation sites excluding steroid dienone is 8. The summed E-state index contributed by atoms with van der Waals surface area (Å²) in [5, 5.41) is 1.37. The molecule has 0 radical (unpaired) electrons. The van der Waals surface area contributed by atoms with Crippen molar-refractivity contribution in [2.24, 2.45) is 0 Å². The molecule has 136 valence electrons. The molecule has 2 aliphatic rings. The molecule has 0 aliphatic heterocycles. The summed E-state index contributed by atoms with van der Waals surface area (Å²) >= 11 is 7.27. The SMILES string of the molecule is CCC1=CC2=C(C=CC=CC2c2ccccc2)C1[SiH](Cl)c1ccccc1C. The third kappa shape index (κ3) is 3.42. The summed E-state index contributed by atoms with van der Waals surface area (Å²) in [6.07, 6.45) is 12.5. The predicted octanol–water partition coefficient (Wildman–Crippen LogP) is 6.09. The average molecular weight is 389 g/mol. The second-order valence-electron chi connectivity index (χ2n) is 7.35. The van der Waals surface area contributed by atoms with Crippen LogP contribution in [-0.2, 0) is 0 Å². The van der Waals surface area contributed by atoms with Gasteiger partial charge in [0.1, 0.15) is 0 Å². The lowest BCUT2D eigenvalue weighted by Gasteiger charge is -2.23. The monoisotopic (exact) mass is 388 g/mol. The zero-order chi connectivity index (χ0) is 18.8. The highest BCUT2D eigenvalue weighted by atomic mass is 35.6. The minimum Gasteiger partial charge on any atom is -0.165 e. The molecular formula is C25H25ClSi. The van der Waals surface area contributed by atoms with E-state index in [9.17, 15) is 0 Å². The van der Waals surface area contributed by atoms with Gasteiger partial charge in [-0.15, -0.1) is 0 Å². The summed E-state index contributed by atoms with van der Waals surface area (Å²) in [7, 11) is -1.70. The summed E-state index contributed by atoms with van der Waals surface area (Å²) in [5.74, 6) is 0.303. The van der Waals surface area contributed by atoms with Crippen molar-refractivity contribution in [1.82, 2.24) is 0 Å². The first-order valence-corrected chi connectivity index (χ1v) is 12.7. The van der Waals surface area contributed by atoms with E-state index in [2.05, 4.69) is 98.8 Å². The van der Waals surface area contributed by atoms with E-state index in [4.69, 9.17) is 11.1 Å². The maximum Gasteiger partial charge on any atom is 0.183 e. The van der Waals surface area contributed by atoms with Crippen LogP contribution in [0.5, 0.6) is 0 Å². The summed E-state index contributed by atoms with van der Waals surface area (Å²) < 4.78 is 0. The first-order chi connectivity index (χ1) is 13.2. The van der Waals surface area contributed by atoms with Crippen molar-refractivity contribution in [3.05, 3.63) is 113 Å². The Morgan fingerprint density at radius 1 is 0.926 bits per heavy atom. The smallest absolute Gasteiger partial charge is 0.165 e. The van der Waals surface area contributed by atoms with Crippen molar-refractivity contribution in [1.29, 1.82) is 0 Å². The van der Waals surface area contributed by atoms with Gasteiger partial charge in [0, 0.05) is 11.5 Å². The van der Waals surface area contributed by atoms with Crippen LogP contribution in [-0.4, -0.2) is 8.11 Å². The number of benzene rings is 2. The summed E-state index contributed by atoms with van der Waals surface area (Å²) in [5.41, 5.74) is 7.40. The maximum absolute atomic E-state index is 7.27. The number of rotatable bonds is 4. The molecular weight excluding hydrogens is 364 g/mol. The molecule has 0 bridgehead atoms. The Hall–Kier alpha value is -2.09. The topological polar surface area (TPSA) is 0 Å². The highest BCUT2D eigenvalue weighted by molar-refractivity contribution is 7.15. The van der Waals surface area contributed by atoms with Crippen LogP contribution in [0.4, 0.5) is 0 Å². The summed E-state index contributed by atoms with van der Waals surface area (Å²) in [6.45, 7) is 4.45. The third-order valence-electron chi connectivity index (χ3n) is 5.78. The van der Waals surface area contributed by atoms with E-state index in [0.29, 0.717) is 11.5 Å². The minimum atomic E-state index is -1.70. The van der Waals surface area contributed by atoms with E-state index in [1.807, 2.05) is 0 Å². The molecule has 2 heteroatoms. The number of aryl methyl sites for hydroxylation is 1. The first-order valence-electron chi connectivity index (χ1n) is 9.74. The third-order valence-corrected chi connectivity index (χ3v) is 9.86. The van der Waals surface area contributed by atoms with Crippen LogP contribution in [0.1, 0.15) is 30.4 Å². The summed E-state index contributed by atoms with van der Waals surface area (Å²) in [4.78, 5) is 0. The quantitative estimate of drug-likeness (QED) is 0.439. The molecule has 2 aliphatic carbocycles. The lowest BCUT2D eigenvalue weighted by atomic mass is 9.90. The van der Waals surface area contributed by atoms with Crippen molar-refractivity contribution in [3.63, 3.8) is 0 Å². The largest absolute Gasteiger partial charge is 0.183 e. The van der Waals surface area contributed by atoms with Gasteiger partial charge in [0.05, 0.1) is 0 Å². The first kappa shape index (κ1) is 18.3. The second-order valence-corrected chi connectivity index (χ2v) is 10.9. The molecule has 3 unspecified atom stereocenters. The van der Waals surface area contributed by atoms with Gasteiger partial charge < -0.3 is 0 Å². The Bertz CT molecular complexity index is 949. The molecule has 0 fully saturated rings. The van der Waals surface area contributed by atoms with Crippen molar-refractivity contribution in [3.8, 4) is 0 Å². The van der Waals surface area contributed by atoms with Crippen LogP contribution in [0.3, 0.4) is 0 Å². The van der Waals surface area contributed by atoms with Crippen molar-refractivity contribution < 1.29 is 0 Å². The van der Waals surface area contributed by atoms with E-state index < -0.39 is 8.11 Å². The second kappa shape index (κ2) is 7.88. The van der Waals surface area contributed by atoms with Crippen LogP contribution >= 0.6 is 11.1 Å². The van der Waals surface area contributed by atoms with Gasteiger partial charge in [0.2, 0.25) is 0 Å². The Morgan fingerprint density at radius 2 is 1.67 bits per heavy atom. The van der Waals surface area contributed by atoms with Gasteiger partial charge in [0.25, 0.3) is 0 Å². The molecule has 0 heterocycles. The van der Waals surface area contributed by atoms with E-state index in [0.717, 1.165) is 6.42 Å². The molecule has 2 aromatic carbocycles. The molecule has 0 aromatic heterocycles. The molecule has 4 rings (SSSR count). The van der Waals surface area contributed by atoms with Gasteiger partial charge in [-0.05, 0) is 35.2 Å². The normalized spacial score (nSPS) is 22.4. The molecule has 0 amide bonds. The Balaban J connectivity index is 1.81. The highest BCUT2D eigenvalue weighted by Gasteiger charge is 2.36. The maximum atomic E-state index is 7.27. The fourth-order valence-corrected chi connectivity index (χ4v) is 8.49. The van der Waals surface area contributed by atoms with Crippen molar-refractivity contribution in [2.45, 2.75) is 31.7 Å². The fourth-order valence-electron chi connectivity index (χ4n) is 4.35. The van der Waals surface area contributed by atoms with Crippen LogP contribution in [0.25, 0.3) is 0 Å². The van der Waals surface area contributed by atoms with Gasteiger partial charge in [0.15, 0.2) is 8.11 Å². The van der Waals surface area contributed by atoms with E-state index in [1.165, 1.54) is 33.0 Å². The van der Waals surface area contributed by atoms with E-state index in [1.54, 1.807) is 0 Å². The standard InChI is InChI=1S/C25H25ClSi/c1-3-19-17-23-21(20-12-5-4-6-13-20)14-8-9-15-22(23)25(19)27(26)24-16-10-7-11-18(24)2/h4-17,21,25,27H,3H2,1-2H3. The zero-order valence-electron chi connectivity index (χ0n) is 15.9. The van der Waals surface area contributed by atoms with Crippen LogP contribution in [0.15, 0.2) is 102 Å². The van der Waals surface area contributed by atoms with Crippen LogP contribution in [0, 0.1) is 6.92 Å². The molecule has 0 nitrogen and oxygen atoms in total. The molecule has 27 heavy (non-hydrogen) atoms. The Kier molecular flexibility index (Phi) is 5.33. The number of hydrogen-bond acceptors (Lipinski definition) is 0. The molecule has 2 aromatic rings. The Labute approximate surface area is 168 Å². The summed E-state index contributed by atoms with van der Waals surface area (Å²) in [6, 6.07) is 19.5. The van der Waals surface area contributed by atoms with Gasteiger partial charge in [-0.25, -0.2) is 0 Å². The molecule has 0 N–H and O–H groups in total. The molecule has 0 saturated heterocycles. The highest BCUT2D eigenvalue weighted by Crippen LogP contribution is 2.47. The van der Waals surface area contributed by atoms with Crippen LogP contribution < -0.4 is 5.19 Å².